The summed E-state index contributed by atoms with van der Waals surface area (Å²) < 4.78 is 0. The van der Waals surface area contributed by atoms with Crippen molar-refractivity contribution >= 4 is 22.4 Å². The molecule has 2 aromatic heterocycles. The molecule has 0 aromatic carbocycles. The number of rotatable bonds is 2. The van der Waals surface area contributed by atoms with E-state index < -0.39 is 0 Å². The van der Waals surface area contributed by atoms with Crippen molar-refractivity contribution in [1.29, 1.82) is 0 Å². The van der Waals surface area contributed by atoms with E-state index in [4.69, 9.17) is 0 Å². The van der Waals surface area contributed by atoms with Crippen LogP contribution in [0.15, 0.2) is 23.0 Å². The first-order chi connectivity index (χ1) is 8.06. The number of aromatic amines is 1. The lowest BCUT2D eigenvalue weighted by Gasteiger charge is -2.00. The Morgan fingerprint density at radius 2 is 2.18 bits per heavy atom. The van der Waals surface area contributed by atoms with E-state index in [1.165, 1.54) is 23.5 Å². The summed E-state index contributed by atoms with van der Waals surface area (Å²) >= 11 is 1.41. The molecule has 0 aliphatic rings. The third-order valence-corrected chi connectivity index (χ3v) is 3.25. The summed E-state index contributed by atoms with van der Waals surface area (Å²) in [6.45, 7) is 3.82. The highest BCUT2D eigenvalue weighted by molar-refractivity contribution is 7.15. The molecule has 0 unspecified atom stereocenters. The van der Waals surface area contributed by atoms with E-state index in [1.54, 1.807) is 6.07 Å². The molecule has 1 amide bonds. The Morgan fingerprint density at radius 1 is 1.41 bits per heavy atom. The second-order valence-electron chi connectivity index (χ2n) is 3.54. The normalized spacial score (nSPS) is 10.2. The zero-order valence-electron chi connectivity index (χ0n) is 9.40. The third kappa shape index (κ3) is 2.59. The number of anilines is 1. The van der Waals surface area contributed by atoms with Crippen molar-refractivity contribution in [2.45, 2.75) is 13.8 Å². The number of nitrogens with one attached hydrogen (secondary N) is 2. The first-order valence-corrected chi connectivity index (χ1v) is 5.82. The molecule has 0 spiro atoms. The quantitative estimate of drug-likeness (QED) is 0.850. The van der Waals surface area contributed by atoms with Crippen LogP contribution in [0.5, 0.6) is 0 Å². The zero-order chi connectivity index (χ0) is 12.4. The Labute approximate surface area is 102 Å². The highest BCUT2D eigenvalue weighted by Crippen LogP contribution is 2.21. The predicted octanol–water partition coefficient (Wildman–Crippen LogP) is 1.70. The second kappa shape index (κ2) is 4.50. The van der Waals surface area contributed by atoms with E-state index in [0.29, 0.717) is 5.13 Å². The van der Waals surface area contributed by atoms with Crippen LogP contribution in [0, 0.1) is 13.8 Å². The summed E-state index contributed by atoms with van der Waals surface area (Å²) in [4.78, 5) is 30.5. The van der Waals surface area contributed by atoms with Crippen LogP contribution in [-0.4, -0.2) is 15.9 Å². The van der Waals surface area contributed by atoms with Crippen molar-refractivity contribution in [3.63, 3.8) is 0 Å². The van der Waals surface area contributed by atoms with Crippen molar-refractivity contribution in [2.75, 3.05) is 5.32 Å². The monoisotopic (exact) mass is 249 g/mol. The summed E-state index contributed by atoms with van der Waals surface area (Å²) in [5.41, 5.74) is 0.819. The van der Waals surface area contributed by atoms with Gasteiger partial charge in [-0.3, -0.25) is 14.9 Å². The van der Waals surface area contributed by atoms with Crippen LogP contribution in [0.3, 0.4) is 0 Å². The molecule has 0 saturated carbocycles. The molecule has 2 heterocycles. The standard InChI is InChI=1S/C11H11N3O2S/c1-6-7(2)17-11(12-6)14-10(16)8-4-3-5-9(15)13-8/h3-5H,1-2H3,(H,13,15)(H,12,14,16). The van der Waals surface area contributed by atoms with Gasteiger partial charge in [0.1, 0.15) is 5.69 Å². The number of hydrogen-bond donors (Lipinski definition) is 2. The van der Waals surface area contributed by atoms with Gasteiger partial charge in [0.25, 0.3) is 5.91 Å². The molecule has 17 heavy (non-hydrogen) atoms. The molecule has 0 fully saturated rings. The van der Waals surface area contributed by atoms with Crippen LogP contribution in [0.4, 0.5) is 5.13 Å². The van der Waals surface area contributed by atoms with Crippen LogP contribution in [0.25, 0.3) is 0 Å². The number of aromatic nitrogens is 2. The van der Waals surface area contributed by atoms with Gasteiger partial charge in [0.05, 0.1) is 5.69 Å². The van der Waals surface area contributed by atoms with Gasteiger partial charge < -0.3 is 4.98 Å². The minimum Gasteiger partial charge on any atom is -0.318 e. The number of carbonyl (C=O) groups is 1. The highest BCUT2D eigenvalue weighted by Gasteiger charge is 2.10. The summed E-state index contributed by atoms with van der Waals surface area (Å²) in [5.74, 6) is -0.364. The average molecular weight is 249 g/mol. The number of aryl methyl sites for hydroxylation is 2. The Morgan fingerprint density at radius 3 is 2.76 bits per heavy atom. The van der Waals surface area contributed by atoms with E-state index >= 15 is 0 Å². The summed E-state index contributed by atoms with van der Waals surface area (Å²) in [6, 6.07) is 4.44. The number of thiazole rings is 1. The molecule has 2 N–H and O–H groups in total. The number of H-pyrrole nitrogens is 1. The van der Waals surface area contributed by atoms with Gasteiger partial charge in [-0.15, -0.1) is 11.3 Å². The zero-order valence-corrected chi connectivity index (χ0v) is 10.2. The van der Waals surface area contributed by atoms with E-state index in [1.807, 2.05) is 13.8 Å². The lowest BCUT2D eigenvalue weighted by Crippen LogP contribution is -2.17. The first kappa shape index (κ1) is 11.5. The largest absolute Gasteiger partial charge is 0.318 e. The van der Waals surface area contributed by atoms with E-state index in [-0.39, 0.29) is 17.2 Å². The van der Waals surface area contributed by atoms with Crippen molar-refractivity contribution in [1.82, 2.24) is 9.97 Å². The number of pyridine rings is 1. The molecule has 0 radical (unpaired) electrons. The van der Waals surface area contributed by atoms with Crippen LogP contribution in [0.1, 0.15) is 21.1 Å². The molecule has 0 aliphatic carbocycles. The maximum Gasteiger partial charge on any atom is 0.273 e. The summed E-state index contributed by atoms with van der Waals surface area (Å²) in [7, 11) is 0. The molecule has 88 valence electrons. The number of amides is 1. The van der Waals surface area contributed by atoms with Gasteiger partial charge in [0.15, 0.2) is 5.13 Å². The second-order valence-corrected chi connectivity index (χ2v) is 4.75. The van der Waals surface area contributed by atoms with E-state index in [9.17, 15) is 9.59 Å². The Bertz CT molecular complexity index is 596. The molecule has 5 nitrogen and oxygen atoms in total. The number of carbonyl (C=O) groups excluding carboxylic acids is 1. The van der Waals surface area contributed by atoms with Gasteiger partial charge in [-0.05, 0) is 19.9 Å². The molecular weight excluding hydrogens is 238 g/mol. The lowest BCUT2D eigenvalue weighted by atomic mass is 10.3. The minimum absolute atomic E-state index is 0.225. The van der Waals surface area contributed by atoms with Gasteiger partial charge in [0.2, 0.25) is 5.56 Å². The molecule has 0 saturated heterocycles. The fourth-order valence-corrected chi connectivity index (χ4v) is 2.08. The Hall–Kier alpha value is -1.95. The maximum absolute atomic E-state index is 11.8. The third-order valence-electron chi connectivity index (χ3n) is 2.26. The van der Waals surface area contributed by atoms with E-state index in [0.717, 1.165) is 10.6 Å². The van der Waals surface area contributed by atoms with Crippen molar-refractivity contribution in [3.8, 4) is 0 Å². The van der Waals surface area contributed by atoms with Crippen molar-refractivity contribution in [2.24, 2.45) is 0 Å². The fraction of sp³-hybridized carbons (Fsp3) is 0.182. The lowest BCUT2D eigenvalue weighted by molar-refractivity contribution is 0.102. The molecule has 0 atom stereocenters. The van der Waals surface area contributed by atoms with Gasteiger partial charge in [-0.2, -0.15) is 0 Å². The molecule has 2 rings (SSSR count). The van der Waals surface area contributed by atoms with Crippen LogP contribution >= 0.6 is 11.3 Å². The van der Waals surface area contributed by atoms with Crippen LogP contribution < -0.4 is 10.9 Å². The molecule has 6 heteroatoms. The van der Waals surface area contributed by atoms with Crippen LogP contribution in [0.2, 0.25) is 0 Å². The average Bonchev–Trinajstić information content (AvgIpc) is 2.58. The fourth-order valence-electron chi connectivity index (χ4n) is 1.27. The minimum atomic E-state index is -0.364. The maximum atomic E-state index is 11.8. The molecule has 2 aromatic rings. The number of hydrogen-bond acceptors (Lipinski definition) is 4. The molecular formula is C11H11N3O2S. The van der Waals surface area contributed by atoms with Crippen LogP contribution in [-0.2, 0) is 0 Å². The molecule has 0 bridgehead atoms. The summed E-state index contributed by atoms with van der Waals surface area (Å²) in [6.07, 6.45) is 0. The Balaban J connectivity index is 2.20. The van der Waals surface area contributed by atoms with Gasteiger partial charge in [-0.25, -0.2) is 4.98 Å². The smallest absolute Gasteiger partial charge is 0.273 e. The number of nitrogens with zero attached hydrogens (tertiary/aromatic N) is 1. The van der Waals surface area contributed by atoms with E-state index in [2.05, 4.69) is 15.3 Å². The topological polar surface area (TPSA) is 74.8 Å². The predicted molar refractivity (Wildman–Crippen MR) is 66.6 cm³/mol. The SMILES string of the molecule is Cc1nc(NC(=O)c2cccc(=O)[nH]2)sc1C. The molecule has 0 aliphatic heterocycles. The van der Waals surface area contributed by atoms with Crippen molar-refractivity contribution in [3.05, 3.63) is 44.8 Å². The summed E-state index contributed by atoms with van der Waals surface area (Å²) in [5, 5.41) is 3.18. The van der Waals surface area contributed by atoms with Crippen molar-refractivity contribution < 1.29 is 4.79 Å². The van der Waals surface area contributed by atoms with Gasteiger partial charge in [-0.1, -0.05) is 6.07 Å². The Kier molecular flexibility index (Phi) is 3.06. The van der Waals surface area contributed by atoms with Gasteiger partial charge >= 0.3 is 0 Å². The highest BCUT2D eigenvalue weighted by atomic mass is 32.1. The van der Waals surface area contributed by atoms with Gasteiger partial charge in [0, 0.05) is 10.9 Å². The first-order valence-electron chi connectivity index (χ1n) is 5.01.